The molecular weight excluding hydrogens is 497 g/mol. The standard InChI is InChI=1S/C28H32FN9O/c1-17(20-5-4-6-21-25(27(39)30-2)22(29)15-32-26(20)21)12-31-24-11-23(35-16-36-24)18-13-33-28(34-14-18)37-19-7-9-38(3)10-8-19/h4-6,11,13-17,19H,7-10,12H2,1-3H3,(H,30,39)(H,31,35,36)(H,33,34,37). The van der Waals surface area contributed by atoms with Crippen molar-refractivity contribution < 1.29 is 9.18 Å². The highest BCUT2D eigenvalue weighted by Gasteiger charge is 2.20. The molecule has 1 unspecified atom stereocenters. The summed E-state index contributed by atoms with van der Waals surface area (Å²) in [5, 5.41) is 9.77. The summed E-state index contributed by atoms with van der Waals surface area (Å²) in [6.07, 6.45) is 8.28. The first kappa shape index (κ1) is 26.4. The van der Waals surface area contributed by atoms with Crippen LogP contribution < -0.4 is 16.0 Å². The summed E-state index contributed by atoms with van der Waals surface area (Å²) in [6, 6.07) is 7.71. The summed E-state index contributed by atoms with van der Waals surface area (Å²) < 4.78 is 14.4. The Morgan fingerprint density at radius 1 is 1.10 bits per heavy atom. The van der Waals surface area contributed by atoms with Crippen molar-refractivity contribution in [1.29, 1.82) is 0 Å². The van der Waals surface area contributed by atoms with E-state index in [4.69, 9.17) is 0 Å². The van der Waals surface area contributed by atoms with E-state index in [1.54, 1.807) is 18.5 Å². The van der Waals surface area contributed by atoms with Crippen LogP contribution in [0.2, 0.25) is 0 Å². The second-order valence-corrected chi connectivity index (χ2v) is 9.89. The van der Waals surface area contributed by atoms with Crippen LogP contribution in [-0.4, -0.2) is 75.5 Å². The van der Waals surface area contributed by atoms with E-state index in [1.165, 1.54) is 13.4 Å². The molecule has 1 saturated heterocycles. The highest BCUT2D eigenvalue weighted by molar-refractivity contribution is 6.06. The number of amides is 1. The van der Waals surface area contributed by atoms with Crippen LogP contribution >= 0.6 is 0 Å². The van der Waals surface area contributed by atoms with Crippen LogP contribution in [0, 0.1) is 5.82 Å². The number of anilines is 2. The van der Waals surface area contributed by atoms with Crippen molar-refractivity contribution in [3.05, 3.63) is 66.1 Å². The number of aromatic nitrogens is 5. The quantitative estimate of drug-likeness (QED) is 0.314. The molecule has 0 saturated carbocycles. The molecule has 0 aliphatic carbocycles. The van der Waals surface area contributed by atoms with E-state index in [-0.39, 0.29) is 11.5 Å². The minimum Gasteiger partial charge on any atom is -0.369 e. The number of pyridine rings is 1. The molecular formula is C28H32FN9O. The van der Waals surface area contributed by atoms with Crippen LogP contribution in [0.4, 0.5) is 16.2 Å². The zero-order valence-electron chi connectivity index (χ0n) is 22.3. The van der Waals surface area contributed by atoms with Crippen LogP contribution in [0.3, 0.4) is 0 Å². The first-order valence-electron chi connectivity index (χ1n) is 13.1. The lowest BCUT2D eigenvalue weighted by Gasteiger charge is -2.29. The van der Waals surface area contributed by atoms with Crippen molar-refractivity contribution in [2.24, 2.45) is 0 Å². The second-order valence-electron chi connectivity index (χ2n) is 9.89. The molecule has 3 N–H and O–H groups in total. The van der Waals surface area contributed by atoms with Crippen LogP contribution in [0.1, 0.15) is 41.6 Å². The minimum absolute atomic E-state index is 0.000246. The maximum atomic E-state index is 14.4. The van der Waals surface area contributed by atoms with E-state index in [9.17, 15) is 9.18 Å². The first-order valence-corrected chi connectivity index (χ1v) is 13.1. The number of fused-ring (bicyclic) bond motifs is 1. The van der Waals surface area contributed by atoms with Crippen LogP contribution in [-0.2, 0) is 0 Å². The van der Waals surface area contributed by atoms with E-state index in [0.29, 0.717) is 40.9 Å². The number of benzene rings is 1. The van der Waals surface area contributed by atoms with Gasteiger partial charge in [0, 0.05) is 55.0 Å². The predicted molar refractivity (Wildman–Crippen MR) is 149 cm³/mol. The van der Waals surface area contributed by atoms with Gasteiger partial charge in [-0.25, -0.2) is 24.3 Å². The van der Waals surface area contributed by atoms with Crippen LogP contribution in [0.5, 0.6) is 0 Å². The Morgan fingerprint density at radius 2 is 1.87 bits per heavy atom. The zero-order chi connectivity index (χ0) is 27.4. The Labute approximate surface area is 226 Å². The molecule has 1 amide bonds. The number of nitrogens with one attached hydrogen (secondary N) is 3. The lowest BCUT2D eigenvalue weighted by molar-refractivity contribution is 0.0960. The third-order valence-electron chi connectivity index (χ3n) is 7.12. The molecule has 5 rings (SSSR count). The third-order valence-corrected chi connectivity index (χ3v) is 7.12. The van der Waals surface area contributed by atoms with Gasteiger partial charge in [-0.3, -0.25) is 9.78 Å². The molecule has 3 aromatic heterocycles. The average molecular weight is 530 g/mol. The summed E-state index contributed by atoms with van der Waals surface area (Å²) in [7, 11) is 3.62. The van der Waals surface area contributed by atoms with E-state index < -0.39 is 11.7 Å². The fraction of sp³-hybridized carbons (Fsp3) is 0.357. The van der Waals surface area contributed by atoms with Gasteiger partial charge >= 0.3 is 0 Å². The van der Waals surface area contributed by atoms with E-state index in [2.05, 4.69) is 52.8 Å². The van der Waals surface area contributed by atoms with Gasteiger partial charge in [-0.2, -0.15) is 0 Å². The predicted octanol–water partition coefficient (Wildman–Crippen LogP) is 3.70. The zero-order valence-corrected chi connectivity index (χ0v) is 22.3. The number of para-hydroxylation sites is 1. The van der Waals surface area contributed by atoms with Gasteiger partial charge < -0.3 is 20.9 Å². The number of rotatable bonds is 8. The molecule has 1 fully saturated rings. The van der Waals surface area contributed by atoms with Crippen molar-refractivity contribution in [2.45, 2.75) is 31.7 Å². The minimum atomic E-state index is -0.645. The summed E-state index contributed by atoms with van der Waals surface area (Å²) in [6.45, 7) is 4.72. The lowest BCUT2D eigenvalue weighted by atomic mass is 9.96. The van der Waals surface area contributed by atoms with Gasteiger partial charge in [-0.05, 0) is 38.5 Å². The molecule has 0 spiro atoms. The second kappa shape index (κ2) is 11.6. The Kier molecular flexibility index (Phi) is 7.87. The largest absolute Gasteiger partial charge is 0.369 e. The Balaban J connectivity index is 1.27. The van der Waals surface area contributed by atoms with Crippen molar-refractivity contribution in [1.82, 2.24) is 35.1 Å². The van der Waals surface area contributed by atoms with Gasteiger partial charge in [0.05, 0.1) is 23.0 Å². The van der Waals surface area contributed by atoms with Crippen molar-refractivity contribution in [3.63, 3.8) is 0 Å². The molecule has 39 heavy (non-hydrogen) atoms. The molecule has 1 aromatic carbocycles. The first-order chi connectivity index (χ1) is 18.9. The number of hydrogen-bond donors (Lipinski definition) is 3. The number of hydrogen-bond acceptors (Lipinski definition) is 9. The number of carbonyl (C=O) groups is 1. The maximum Gasteiger partial charge on any atom is 0.254 e. The molecule has 11 heteroatoms. The molecule has 1 atom stereocenters. The van der Waals surface area contributed by atoms with Crippen LogP contribution in [0.25, 0.3) is 22.2 Å². The molecule has 1 aliphatic heterocycles. The summed E-state index contributed by atoms with van der Waals surface area (Å²) in [4.78, 5) is 36.7. The van der Waals surface area contributed by atoms with Gasteiger partial charge in [0.1, 0.15) is 12.1 Å². The smallest absolute Gasteiger partial charge is 0.254 e. The molecule has 4 heterocycles. The molecule has 0 radical (unpaired) electrons. The third kappa shape index (κ3) is 5.93. The highest BCUT2D eigenvalue weighted by Crippen LogP contribution is 2.28. The molecule has 4 aromatic rings. The van der Waals surface area contributed by atoms with Crippen LogP contribution in [0.15, 0.2) is 49.2 Å². The van der Waals surface area contributed by atoms with Crippen molar-refractivity contribution in [2.75, 3.05) is 44.4 Å². The van der Waals surface area contributed by atoms with E-state index >= 15 is 0 Å². The fourth-order valence-electron chi connectivity index (χ4n) is 4.82. The van der Waals surface area contributed by atoms with Crippen molar-refractivity contribution >= 4 is 28.6 Å². The normalized spacial score (nSPS) is 15.2. The summed E-state index contributed by atoms with van der Waals surface area (Å²) >= 11 is 0. The van der Waals surface area contributed by atoms with Gasteiger partial charge in [-0.1, -0.05) is 25.1 Å². The number of piperidine rings is 1. The SMILES string of the molecule is CNC(=O)c1c(F)cnc2c(C(C)CNc3cc(-c4cnc(NC5CCN(C)CC5)nc4)ncn3)cccc12. The van der Waals surface area contributed by atoms with Gasteiger partial charge in [0.25, 0.3) is 5.91 Å². The number of carbonyl (C=O) groups excluding carboxylic acids is 1. The average Bonchev–Trinajstić information content (AvgIpc) is 2.97. The maximum absolute atomic E-state index is 14.4. The Morgan fingerprint density at radius 3 is 2.62 bits per heavy atom. The monoisotopic (exact) mass is 529 g/mol. The summed E-state index contributed by atoms with van der Waals surface area (Å²) in [5.74, 6) is 0.151. The number of halogens is 1. The van der Waals surface area contributed by atoms with Crippen molar-refractivity contribution in [3.8, 4) is 11.3 Å². The number of likely N-dealkylation sites (tertiary alicyclic amines) is 1. The topological polar surface area (TPSA) is 121 Å². The van der Waals surface area contributed by atoms with Gasteiger partial charge in [0.15, 0.2) is 5.82 Å². The summed E-state index contributed by atoms with van der Waals surface area (Å²) in [5.41, 5.74) is 3.01. The molecule has 1 aliphatic rings. The van der Waals surface area contributed by atoms with Gasteiger partial charge in [-0.15, -0.1) is 0 Å². The number of nitrogens with zero attached hydrogens (tertiary/aromatic N) is 6. The van der Waals surface area contributed by atoms with Gasteiger partial charge in [0.2, 0.25) is 5.95 Å². The molecule has 10 nitrogen and oxygen atoms in total. The van der Waals surface area contributed by atoms with E-state index in [0.717, 1.165) is 43.3 Å². The highest BCUT2D eigenvalue weighted by atomic mass is 19.1. The Hall–Kier alpha value is -4.25. The van der Waals surface area contributed by atoms with E-state index in [1.807, 2.05) is 25.1 Å². The lowest BCUT2D eigenvalue weighted by Crippen LogP contribution is -2.37. The molecule has 202 valence electrons. The molecule has 0 bridgehead atoms. The fourth-order valence-corrected chi connectivity index (χ4v) is 4.82. The Bertz CT molecular complexity index is 1460.